The third kappa shape index (κ3) is 1.12. The summed E-state index contributed by atoms with van der Waals surface area (Å²) in [5.74, 6) is -0.663. The van der Waals surface area contributed by atoms with Crippen LogP contribution >= 0.6 is 0 Å². The van der Waals surface area contributed by atoms with E-state index < -0.39 is 10.9 Å². The van der Waals surface area contributed by atoms with Crippen LogP contribution in [0.1, 0.15) is 0 Å². The maximum absolute atomic E-state index is 12.5. The van der Waals surface area contributed by atoms with Crippen molar-refractivity contribution in [2.75, 3.05) is 0 Å². The van der Waals surface area contributed by atoms with Gasteiger partial charge in [-0.25, -0.2) is 4.98 Å². The SMILES string of the molecule is O=[N+]([O-])c1c[nH]c2nc(F)ccc12. The number of aromatic amines is 1. The quantitative estimate of drug-likeness (QED) is 0.412. The number of rotatable bonds is 1. The lowest BCUT2D eigenvalue weighted by molar-refractivity contribution is -0.383. The van der Waals surface area contributed by atoms with Gasteiger partial charge in [0.25, 0.3) is 5.69 Å². The molecule has 2 heterocycles. The summed E-state index contributed by atoms with van der Waals surface area (Å²) in [6.45, 7) is 0. The molecule has 0 atom stereocenters. The Morgan fingerprint density at radius 1 is 1.54 bits per heavy atom. The zero-order valence-corrected chi connectivity index (χ0v) is 6.32. The van der Waals surface area contributed by atoms with Gasteiger partial charge in [-0.3, -0.25) is 10.1 Å². The van der Waals surface area contributed by atoms with Gasteiger partial charge in [-0.15, -0.1) is 0 Å². The summed E-state index contributed by atoms with van der Waals surface area (Å²) in [5.41, 5.74) is 0.0919. The van der Waals surface area contributed by atoms with Crippen molar-refractivity contribution in [3.05, 3.63) is 34.4 Å². The van der Waals surface area contributed by atoms with Crippen LogP contribution in [0.5, 0.6) is 0 Å². The predicted octanol–water partition coefficient (Wildman–Crippen LogP) is 1.61. The molecule has 2 aromatic heterocycles. The van der Waals surface area contributed by atoms with Crippen LogP contribution in [0, 0.1) is 16.1 Å². The molecular weight excluding hydrogens is 177 g/mol. The standard InChI is InChI=1S/C7H4FN3O2/c8-6-2-1-4-5(11(12)13)3-9-7(4)10-6/h1-3H,(H,9,10). The first-order valence-corrected chi connectivity index (χ1v) is 3.46. The third-order valence-corrected chi connectivity index (χ3v) is 1.68. The van der Waals surface area contributed by atoms with Gasteiger partial charge in [-0.1, -0.05) is 0 Å². The lowest BCUT2D eigenvalue weighted by Gasteiger charge is -1.88. The third-order valence-electron chi connectivity index (χ3n) is 1.68. The lowest BCUT2D eigenvalue weighted by atomic mass is 10.3. The Balaban J connectivity index is 2.76. The summed E-state index contributed by atoms with van der Waals surface area (Å²) in [7, 11) is 0. The second-order valence-electron chi connectivity index (χ2n) is 2.46. The van der Waals surface area contributed by atoms with Crippen molar-refractivity contribution >= 4 is 16.7 Å². The van der Waals surface area contributed by atoms with Crippen LogP contribution in [0.3, 0.4) is 0 Å². The maximum Gasteiger partial charge on any atom is 0.296 e. The Kier molecular flexibility index (Phi) is 1.48. The van der Waals surface area contributed by atoms with E-state index in [1.807, 2.05) is 0 Å². The molecule has 2 rings (SSSR count). The number of aromatic nitrogens is 2. The molecule has 2 aromatic rings. The Morgan fingerprint density at radius 3 is 3.00 bits per heavy atom. The van der Waals surface area contributed by atoms with Crippen molar-refractivity contribution in [2.45, 2.75) is 0 Å². The molecule has 0 amide bonds. The number of pyridine rings is 1. The van der Waals surface area contributed by atoms with Gasteiger partial charge in [-0.2, -0.15) is 4.39 Å². The second kappa shape index (κ2) is 2.51. The molecule has 5 nitrogen and oxygen atoms in total. The molecule has 6 heteroatoms. The van der Waals surface area contributed by atoms with E-state index in [4.69, 9.17) is 0 Å². The molecule has 0 aliphatic heterocycles. The first kappa shape index (κ1) is 7.66. The summed E-state index contributed by atoms with van der Waals surface area (Å²) < 4.78 is 12.5. The van der Waals surface area contributed by atoms with Crippen LogP contribution in [-0.4, -0.2) is 14.9 Å². The average Bonchev–Trinajstić information content (AvgIpc) is 2.46. The first-order valence-electron chi connectivity index (χ1n) is 3.46. The highest BCUT2D eigenvalue weighted by Crippen LogP contribution is 2.23. The van der Waals surface area contributed by atoms with Crippen molar-refractivity contribution in [2.24, 2.45) is 0 Å². The molecule has 0 aliphatic carbocycles. The molecule has 0 spiro atoms. The molecular formula is C7H4FN3O2. The van der Waals surface area contributed by atoms with E-state index in [0.29, 0.717) is 5.39 Å². The number of hydrogen-bond donors (Lipinski definition) is 1. The fourth-order valence-corrected chi connectivity index (χ4v) is 1.12. The van der Waals surface area contributed by atoms with Crippen LogP contribution < -0.4 is 0 Å². The van der Waals surface area contributed by atoms with Gasteiger partial charge >= 0.3 is 0 Å². The molecule has 0 radical (unpaired) electrons. The van der Waals surface area contributed by atoms with Crippen molar-refractivity contribution in [1.29, 1.82) is 0 Å². The zero-order valence-electron chi connectivity index (χ0n) is 6.32. The minimum atomic E-state index is -0.663. The zero-order chi connectivity index (χ0) is 9.42. The van der Waals surface area contributed by atoms with Crippen LogP contribution in [0.15, 0.2) is 18.3 Å². The summed E-state index contributed by atoms with van der Waals surface area (Å²) in [6.07, 6.45) is 1.19. The largest absolute Gasteiger partial charge is 0.340 e. The number of fused-ring (bicyclic) bond motifs is 1. The minimum Gasteiger partial charge on any atom is -0.340 e. The smallest absolute Gasteiger partial charge is 0.296 e. The van der Waals surface area contributed by atoms with E-state index in [1.165, 1.54) is 12.3 Å². The Bertz CT molecular complexity index is 480. The number of halogens is 1. The van der Waals surface area contributed by atoms with Crippen LogP contribution in [0.25, 0.3) is 11.0 Å². The molecule has 0 fully saturated rings. The minimum absolute atomic E-state index is 0.0949. The highest BCUT2D eigenvalue weighted by molar-refractivity contribution is 5.85. The van der Waals surface area contributed by atoms with Gasteiger partial charge < -0.3 is 4.98 Å². The molecule has 66 valence electrons. The maximum atomic E-state index is 12.5. The van der Waals surface area contributed by atoms with Crippen molar-refractivity contribution in [3.63, 3.8) is 0 Å². The monoisotopic (exact) mass is 181 g/mol. The van der Waals surface area contributed by atoms with Crippen LogP contribution in [0.2, 0.25) is 0 Å². The van der Waals surface area contributed by atoms with E-state index in [0.717, 1.165) is 6.07 Å². The molecule has 13 heavy (non-hydrogen) atoms. The normalized spacial score (nSPS) is 10.5. The Labute approximate surface area is 71.4 Å². The van der Waals surface area contributed by atoms with Crippen LogP contribution in [0.4, 0.5) is 10.1 Å². The van der Waals surface area contributed by atoms with Crippen molar-refractivity contribution in [3.8, 4) is 0 Å². The lowest BCUT2D eigenvalue weighted by Crippen LogP contribution is -1.86. The summed E-state index contributed by atoms with van der Waals surface area (Å²) >= 11 is 0. The fourth-order valence-electron chi connectivity index (χ4n) is 1.12. The summed E-state index contributed by atoms with van der Waals surface area (Å²) in [4.78, 5) is 15.9. The predicted molar refractivity (Wildman–Crippen MR) is 42.7 cm³/mol. The highest BCUT2D eigenvalue weighted by Gasteiger charge is 2.14. The molecule has 0 saturated heterocycles. The average molecular weight is 181 g/mol. The van der Waals surface area contributed by atoms with E-state index in [9.17, 15) is 14.5 Å². The van der Waals surface area contributed by atoms with Crippen molar-refractivity contribution in [1.82, 2.24) is 9.97 Å². The molecule has 1 N–H and O–H groups in total. The Morgan fingerprint density at radius 2 is 2.31 bits per heavy atom. The molecule has 0 unspecified atom stereocenters. The Hall–Kier alpha value is -1.98. The van der Waals surface area contributed by atoms with E-state index in [2.05, 4.69) is 9.97 Å². The van der Waals surface area contributed by atoms with Gasteiger partial charge in [0.2, 0.25) is 5.95 Å². The first-order chi connectivity index (χ1) is 6.18. The van der Waals surface area contributed by atoms with E-state index >= 15 is 0 Å². The van der Waals surface area contributed by atoms with E-state index in [1.54, 1.807) is 0 Å². The van der Waals surface area contributed by atoms with Gasteiger partial charge in [0.05, 0.1) is 16.5 Å². The number of nitrogens with zero attached hydrogens (tertiary/aromatic N) is 2. The van der Waals surface area contributed by atoms with Gasteiger partial charge in [0, 0.05) is 0 Å². The number of nitro groups is 1. The summed E-state index contributed by atoms with van der Waals surface area (Å²) in [6, 6.07) is 2.41. The van der Waals surface area contributed by atoms with Crippen LogP contribution in [-0.2, 0) is 0 Å². The molecule has 0 saturated carbocycles. The fraction of sp³-hybridized carbons (Fsp3) is 0. The molecule has 0 bridgehead atoms. The topological polar surface area (TPSA) is 71.8 Å². The second-order valence-corrected chi connectivity index (χ2v) is 2.46. The summed E-state index contributed by atoms with van der Waals surface area (Å²) in [5, 5.41) is 10.7. The molecule has 0 aromatic carbocycles. The van der Waals surface area contributed by atoms with Gasteiger partial charge in [0.15, 0.2) is 0 Å². The number of H-pyrrole nitrogens is 1. The number of hydrogen-bond acceptors (Lipinski definition) is 3. The van der Waals surface area contributed by atoms with Crippen molar-refractivity contribution < 1.29 is 9.31 Å². The van der Waals surface area contributed by atoms with Gasteiger partial charge in [-0.05, 0) is 12.1 Å². The highest BCUT2D eigenvalue weighted by atomic mass is 19.1. The van der Waals surface area contributed by atoms with Gasteiger partial charge in [0.1, 0.15) is 5.65 Å². The molecule has 0 aliphatic rings. The number of nitrogens with one attached hydrogen (secondary N) is 1. The van der Waals surface area contributed by atoms with E-state index in [-0.39, 0.29) is 11.3 Å².